The lowest BCUT2D eigenvalue weighted by molar-refractivity contribution is -0.918. The van der Waals surface area contributed by atoms with Gasteiger partial charge < -0.3 is 16.9 Å². The second kappa shape index (κ2) is 8.69. The quantitative estimate of drug-likeness (QED) is 0.315. The van der Waals surface area contributed by atoms with Gasteiger partial charge in [0.1, 0.15) is 6.54 Å². The minimum atomic E-state index is -0.320. The van der Waals surface area contributed by atoms with Gasteiger partial charge in [0.05, 0.1) is 42.2 Å². The van der Waals surface area contributed by atoms with E-state index >= 15 is 0 Å². The summed E-state index contributed by atoms with van der Waals surface area (Å²) in [5.41, 5.74) is 1.11. The molecule has 0 aliphatic heterocycles. The Morgan fingerprint density at radius 3 is 2.17 bits per heavy atom. The van der Waals surface area contributed by atoms with Crippen LogP contribution in [0.3, 0.4) is 0 Å². The molecule has 0 aliphatic rings. The van der Waals surface area contributed by atoms with Crippen LogP contribution in [0.25, 0.3) is 10.8 Å². The fourth-order valence-electron chi connectivity index (χ4n) is 2.77. The molecule has 2 aromatic carbocycles. The van der Waals surface area contributed by atoms with E-state index in [-0.39, 0.29) is 23.0 Å². The molecule has 7 heteroatoms. The Morgan fingerprint density at radius 2 is 1.65 bits per heavy atom. The lowest BCUT2D eigenvalue weighted by Crippen LogP contribution is -3.00. The fraction of sp³-hybridized carbons (Fsp3) is 0.375. The van der Waals surface area contributed by atoms with Crippen molar-refractivity contribution < 1.29 is 21.8 Å². The van der Waals surface area contributed by atoms with Gasteiger partial charge in [-0.25, -0.2) is 0 Å². The zero-order valence-electron chi connectivity index (χ0n) is 12.8. The maximum absolute atomic E-state index is 11.3. The highest BCUT2D eigenvalue weighted by molar-refractivity contribution is 6.18. The lowest BCUT2D eigenvalue weighted by atomic mass is 10.0. The van der Waals surface area contributed by atoms with Crippen LogP contribution < -0.4 is 12.4 Å². The molecular formula is C16H19Cl3N2O2. The molecule has 0 saturated carbocycles. The van der Waals surface area contributed by atoms with Crippen LogP contribution in [-0.2, 0) is 6.54 Å². The van der Waals surface area contributed by atoms with Gasteiger partial charge in [-0.05, 0) is 5.39 Å². The van der Waals surface area contributed by atoms with Gasteiger partial charge in [0, 0.05) is 11.6 Å². The minimum Gasteiger partial charge on any atom is -1.00 e. The van der Waals surface area contributed by atoms with E-state index in [1.54, 1.807) is 12.1 Å². The van der Waals surface area contributed by atoms with Gasteiger partial charge in [0.15, 0.2) is 0 Å². The Kier molecular flexibility index (Phi) is 7.55. The third-order valence-corrected chi connectivity index (χ3v) is 4.30. The van der Waals surface area contributed by atoms with E-state index in [9.17, 15) is 10.1 Å². The Labute approximate surface area is 152 Å². The van der Waals surface area contributed by atoms with Crippen LogP contribution in [0.2, 0.25) is 0 Å². The molecule has 0 heterocycles. The Balaban J connectivity index is 0.00000264. The molecule has 4 nitrogen and oxygen atoms in total. The number of halogens is 3. The molecule has 0 N–H and O–H groups in total. The first kappa shape index (κ1) is 20.0. The Morgan fingerprint density at radius 1 is 1.09 bits per heavy atom. The summed E-state index contributed by atoms with van der Waals surface area (Å²) in [5.74, 6) is 1.06. The third kappa shape index (κ3) is 4.70. The van der Waals surface area contributed by atoms with Crippen LogP contribution in [-0.4, -0.2) is 41.3 Å². The average Bonchev–Trinajstić information content (AvgIpc) is 2.47. The topological polar surface area (TPSA) is 43.1 Å². The van der Waals surface area contributed by atoms with E-state index in [0.29, 0.717) is 28.2 Å². The number of hydrogen-bond donors (Lipinski definition) is 0. The molecule has 0 spiro atoms. The maximum atomic E-state index is 11.3. The molecule has 2 rings (SSSR count). The number of quaternary nitrogens is 1. The SMILES string of the molecule is C[N+](CCCl)(CCCl)Cc1cccc2cccc([N+](=O)[O-])c12.[Cl-]. The van der Waals surface area contributed by atoms with Crippen molar-refractivity contribution in [2.45, 2.75) is 6.54 Å². The van der Waals surface area contributed by atoms with E-state index in [1.807, 2.05) is 24.3 Å². The van der Waals surface area contributed by atoms with Gasteiger partial charge in [-0.3, -0.25) is 10.1 Å². The third-order valence-electron chi connectivity index (χ3n) is 3.97. The Hall–Kier alpha value is -1.07. The lowest BCUT2D eigenvalue weighted by Gasteiger charge is -2.33. The van der Waals surface area contributed by atoms with E-state index < -0.39 is 0 Å². The van der Waals surface area contributed by atoms with Crippen LogP contribution in [0.1, 0.15) is 5.56 Å². The monoisotopic (exact) mass is 376 g/mol. The number of hydrogen-bond acceptors (Lipinski definition) is 2. The number of non-ortho nitro benzene ring substituents is 1. The zero-order chi connectivity index (χ0) is 16.2. The van der Waals surface area contributed by atoms with Gasteiger partial charge in [0.2, 0.25) is 0 Å². The average molecular weight is 378 g/mol. The highest BCUT2D eigenvalue weighted by atomic mass is 35.5. The van der Waals surface area contributed by atoms with Crippen molar-refractivity contribution >= 4 is 39.7 Å². The molecular weight excluding hydrogens is 359 g/mol. The second-order valence-corrected chi connectivity index (χ2v) is 6.41. The second-order valence-electron chi connectivity index (χ2n) is 5.65. The van der Waals surface area contributed by atoms with Gasteiger partial charge in [-0.1, -0.05) is 30.3 Å². The first-order valence-corrected chi connectivity index (χ1v) is 8.18. The molecule has 0 aromatic heterocycles. The van der Waals surface area contributed by atoms with E-state index in [4.69, 9.17) is 23.2 Å². The number of nitro benzene ring substituents is 1. The van der Waals surface area contributed by atoms with Gasteiger partial charge in [-0.2, -0.15) is 0 Å². The van der Waals surface area contributed by atoms with Gasteiger partial charge in [-0.15, -0.1) is 23.2 Å². The summed E-state index contributed by atoms with van der Waals surface area (Å²) in [4.78, 5) is 11.0. The fourth-order valence-corrected chi connectivity index (χ4v) is 3.59. The number of alkyl halides is 2. The van der Waals surface area contributed by atoms with E-state index in [1.165, 1.54) is 0 Å². The summed E-state index contributed by atoms with van der Waals surface area (Å²) in [6.07, 6.45) is 0. The zero-order valence-corrected chi connectivity index (χ0v) is 15.1. The highest BCUT2D eigenvalue weighted by Crippen LogP contribution is 2.30. The molecule has 0 radical (unpaired) electrons. The molecule has 126 valence electrons. The molecule has 0 aliphatic carbocycles. The summed E-state index contributed by atoms with van der Waals surface area (Å²) in [7, 11) is 2.08. The molecule has 0 atom stereocenters. The first-order chi connectivity index (χ1) is 10.5. The molecule has 0 saturated heterocycles. The van der Waals surface area contributed by atoms with Crippen molar-refractivity contribution in [2.75, 3.05) is 31.9 Å². The predicted molar refractivity (Wildman–Crippen MR) is 91.7 cm³/mol. The van der Waals surface area contributed by atoms with Gasteiger partial charge in [0.25, 0.3) is 5.69 Å². The van der Waals surface area contributed by atoms with Crippen molar-refractivity contribution in [1.29, 1.82) is 0 Å². The van der Waals surface area contributed by atoms with Crippen LogP contribution >= 0.6 is 23.2 Å². The van der Waals surface area contributed by atoms with Crippen LogP contribution in [0.5, 0.6) is 0 Å². The highest BCUT2D eigenvalue weighted by Gasteiger charge is 2.24. The summed E-state index contributed by atoms with van der Waals surface area (Å²) in [6, 6.07) is 11.0. The maximum Gasteiger partial charge on any atom is 0.277 e. The van der Waals surface area contributed by atoms with Crippen molar-refractivity contribution in [3.05, 3.63) is 52.1 Å². The smallest absolute Gasteiger partial charge is 0.277 e. The molecule has 23 heavy (non-hydrogen) atoms. The summed E-state index contributed by atoms with van der Waals surface area (Å²) < 4.78 is 0.665. The molecule has 0 bridgehead atoms. The van der Waals surface area contributed by atoms with Crippen LogP contribution in [0, 0.1) is 10.1 Å². The van der Waals surface area contributed by atoms with Gasteiger partial charge >= 0.3 is 0 Å². The number of benzene rings is 2. The first-order valence-electron chi connectivity index (χ1n) is 7.11. The minimum absolute atomic E-state index is 0. The molecule has 0 fully saturated rings. The normalized spacial score (nSPS) is 11.3. The number of nitrogens with zero attached hydrogens (tertiary/aromatic N) is 2. The molecule has 0 unspecified atom stereocenters. The number of nitro groups is 1. The summed E-state index contributed by atoms with van der Waals surface area (Å²) in [6.45, 7) is 2.21. The van der Waals surface area contributed by atoms with Crippen molar-refractivity contribution in [2.24, 2.45) is 0 Å². The van der Waals surface area contributed by atoms with E-state index in [2.05, 4.69) is 7.05 Å². The van der Waals surface area contributed by atoms with Crippen LogP contribution in [0.4, 0.5) is 5.69 Å². The number of rotatable bonds is 7. The van der Waals surface area contributed by atoms with Crippen molar-refractivity contribution in [3.8, 4) is 0 Å². The van der Waals surface area contributed by atoms with Crippen molar-refractivity contribution in [3.63, 3.8) is 0 Å². The van der Waals surface area contributed by atoms with Crippen molar-refractivity contribution in [1.82, 2.24) is 0 Å². The predicted octanol–water partition coefficient (Wildman–Crippen LogP) is 1.18. The summed E-state index contributed by atoms with van der Waals surface area (Å²) >= 11 is 11.8. The Bertz CT molecular complexity index is 668. The standard InChI is InChI=1S/C16H19Cl2N2O2.ClH/c1-20(10-8-17,11-9-18)12-14-6-2-4-13-5-3-7-15(16(13)14)19(21)22;/h2-7H,8-12H2,1H3;1H/q+1;/p-1. The summed E-state index contributed by atoms with van der Waals surface area (Å²) in [5, 5.41) is 12.9. The molecule has 2 aromatic rings. The number of fused-ring (bicyclic) bond motifs is 1. The largest absolute Gasteiger partial charge is 1.00 e. The van der Waals surface area contributed by atoms with E-state index in [0.717, 1.165) is 24.0 Å². The van der Waals surface area contributed by atoms with Crippen LogP contribution in [0.15, 0.2) is 36.4 Å². The molecule has 0 amide bonds.